The standard InChI is InChI=1S/C26H26N2O5S/c1-4-17-7-9-18(10-8-17)26(30)33-16-25(29)28-21(15-20(27-28)24-6-5-13-34-24)19-11-12-22(31-2)23(14-19)32-3/h5-14,21H,4,15-16H2,1-3H3. The van der Waals surface area contributed by atoms with Crippen molar-refractivity contribution in [2.24, 2.45) is 5.10 Å². The van der Waals surface area contributed by atoms with E-state index < -0.39 is 18.5 Å². The molecule has 1 atom stereocenters. The summed E-state index contributed by atoms with van der Waals surface area (Å²) in [7, 11) is 3.14. The molecule has 1 aromatic heterocycles. The van der Waals surface area contributed by atoms with Gasteiger partial charge in [-0.1, -0.05) is 31.2 Å². The Balaban J connectivity index is 1.54. The molecule has 2 aromatic carbocycles. The number of ether oxygens (including phenoxy) is 3. The third-order valence-corrected chi connectivity index (χ3v) is 6.61. The third-order valence-electron chi connectivity index (χ3n) is 5.69. The maximum atomic E-state index is 13.1. The maximum absolute atomic E-state index is 13.1. The molecule has 1 aliphatic rings. The molecule has 3 aromatic rings. The summed E-state index contributed by atoms with van der Waals surface area (Å²) < 4.78 is 16.1. The summed E-state index contributed by atoms with van der Waals surface area (Å²) >= 11 is 1.56. The minimum atomic E-state index is -0.541. The lowest BCUT2D eigenvalue weighted by Crippen LogP contribution is -2.31. The second-order valence-corrected chi connectivity index (χ2v) is 8.67. The Morgan fingerprint density at radius 1 is 1.06 bits per heavy atom. The number of aryl methyl sites for hydroxylation is 1. The Kier molecular flexibility index (Phi) is 7.27. The monoisotopic (exact) mass is 478 g/mol. The van der Waals surface area contributed by atoms with Gasteiger partial charge in [0.25, 0.3) is 5.91 Å². The number of carbonyl (C=O) groups excluding carboxylic acids is 2. The molecule has 1 amide bonds. The van der Waals surface area contributed by atoms with Crippen molar-refractivity contribution in [3.63, 3.8) is 0 Å². The van der Waals surface area contributed by atoms with Gasteiger partial charge in [-0.15, -0.1) is 11.3 Å². The number of benzene rings is 2. The van der Waals surface area contributed by atoms with Gasteiger partial charge in [-0.2, -0.15) is 5.10 Å². The number of methoxy groups -OCH3 is 2. The van der Waals surface area contributed by atoms with Crippen LogP contribution in [0.4, 0.5) is 0 Å². The van der Waals surface area contributed by atoms with Crippen LogP contribution in [-0.4, -0.2) is 43.4 Å². The number of hydrazone groups is 1. The van der Waals surface area contributed by atoms with Crippen molar-refractivity contribution in [1.29, 1.82) is 0 Å². The fraction of sp³-hybridized carbons (Fsp3) is 0.269. The van der Waals surface area contributed by atoms with Gasteiger partial charge in [0.1, 0.15) is 0 Å². The number of carbonyl (C=O) groups is 2. The summed E-state index contributed by atoms with van der Waals surface area (Å²) in [4.78, 5) is 26.6. The van der Waals surface area contributed by atoms with Crippen LogP contribution in [0.15, 0.2) is 65.1 Å². The lowest BCUT2D eigenvalue weighted by molar-refractivity contribution is -0.136. The van der Waals surface area contributed by atoms with E-state index in [1.807, 2.05) is 48.7 Å². The minimum absolute atomic E-state index is 0.355. The first-order valence-corrected chi connectivity index (χ1v) is 11.8. The van der Waals surface area contributed by atoms with E-state index in [1.54, 1.807) is 43.8 Å². The van der Waals surface area contributed by atoms with Gasteiger partial charge >= 0.3 is 5.97 Å². The van der Waals surface area contributed by atoms with Crippen LogP contribution in [0.25, 0.3) is 0 Å². The highest BCUT2D eigenvalue weighted by molar-refractivity contribution is 7.12. The van der Waals surface area contributed by atoms with Gasteiger partial charge in [-0.3, -0.25) is 4.79 Å². The molecule has 0 bridgehead atoms. The smallest absolute Gasteiger partial charge is 0.338 e. The number of nitrogens with zero attached hydrogens (tertiary/aromatic N) is 2. The number of esters is 1. The first kappa shape index (κ1) is 23.5. The molecule has 0 saturated heterocycles. The van der Waals surface area contributed by atoms with E-state index in [1.165, 1.54) is 5.01 Å². The molecule has 176 valence electrons. The van der Waals surface area contributed by atoms with Crippen LogP contribution < -0.4 is 9.47 Å². The summed E-state index contributed by atoms with van der Waals surface area (Å²) in [5.74, 6) is 0.230. The van der Waals surface area contributed by atoms with Crippen LogP contribution >= 0.6 is 11.3 Å². The Hall–Kier alpha value is -3.65. The highest BCUT2D eigenvalue weighted by Crippen LogP contribution is 2.37. The van der Waals surface area contributed by atoms with E-state index in [-0.39, 0.29) is 6.04 Å². The Morgan fingerprint density at radius 2 is 1.82 bits per heavy atom. The molecule has 2 heterocycles. The van der Waals surface area contributed by atoms with Gasteiger partial charge in [0.15, 0.2) is 18.1 Å². The summed E-state index contributed by atoms with van der Waals surface area (Å²) in [5.41, 5.74) is 3.19. The molecule has 0 spiro atoms. The Morgan fingerprint density at radius 3 is 2.47 bits per heavy atom. The molecular weight excluding hydrogens is 452 g/mol. The predicted octanol–water partition coefficient (Wildman–Crippen LogP) is 4.86. The number of amides is 1. The van der Waals surface area contributed by atoms with Gasteiger partial charge in [0, 0.05) is 6.42 Å². The lowest BCUT2D eigenvalue weighted by atomic mass is 10.0. The van der Waals surface area contributed by atoms with Crippen LogP contribution in [0.5, 0.6) is 11.5 Å². The molecule has 0 saturated carbocycles. The SMILES string of the molecule is CCc1ccc(C(=O)OCC(=O)N2N=C(c3cccs3)CC2c2ccc(OC)c(OC)c2)cc1. The molecule has 0 N–H and O–H groups in total. The zero-order valence-electron chi connectivity index (χ0n) is 19.3. The fourth-order valence-electron chi connectivity index (χ4n) is 3.80. The molecule has 7 nitrogen and oxygen atoms in total. The highest BCUT2D eigenvalue weighted by Gasteiger charge is 2.34. The molecule has 0 aliphatic carbocycles. The third kappa shape index (κ3) is 4.97. The van der Waals surface area contributed by atoms with Crippen LogP contribution in [-0.2, 0) is 16.0 Å². The van der Waals surface area contributed by atoms with E-state index in [9.17, 15) is 9.59 Å². The van der Waals surface area contributed by atoms with Crippen molar-refractivity contribution in [1.82, 2.24) is 5.01 Å². The van der Waals surface area contributed by atoms with E-state index >= 15 is 0 Å². The first-order chi connectivity index (χ1) is 16.5. The second kappa shape index (κ2) is 10.5. The van der Waals surface area contributed by atoms with Crippen molar-refractivity contribution < 1.29 is 23.8 Å². The van der Waals surface area contributed by atoms with Crippen LogP contribution in [0, 0.1) is 0 Å². The van der Waals surface area contributed by atoms with E-state index in [2.05, 4.69) is 5.10 Å². The molecule has 4 rings (SSSR count). The fourth-order valence-corrected chi connectivity index (χ4v) is 4.53. The molecule has 34 heavy (non-hydrogen) atoms. The predicted molar refractivity (Wildman–Crippen MR) is 131 cm³/mol. The Labute approximate surface area is 202 Å². The number of hydrogen-bond acceptors (Lipinski definition) is 7. The normalized spacial score (nSPS) is 15.1. The average Bonchev–Trinajstić information content (AvgIpc) is 3.57. The van der Waals surface area contributed by atoms with Gasteiger partial charge in [0.05, 0.1) is 36.4 Å². The van der Waals surface area contributed by atoms with Crippen molar-refractivity contribution in [3.05, 3.63) is 81.5 Å². The van der Waals surface area contributed by atoms with E-state index in [0.717, 1.165) is 28.1 Å². The maximum Gasteiger partial charge on any atom is 0.338 e. The molecule has 1 unspecified atom stereocenters. The number of hydrogen-bond donors (Lipinski definition) is 0. The van der Waals surface area contributed by atoms with Gasteiger partial charge < -0.3 is 14.2 Å². The quantitative estimate of drug-likeness (QED) is 0.432. The number of thiophene rings is 1. The topological polar surface area (TPSA) is 77.4 Å². The largest absolute Gasteiger partial charge is 0.493 e. The van der Waals surface area contributed by atoms with Crippen molar-refractivity contribution in [3.8, 4) is 11.5 Å². The molecule has 1 aliphatic heterocycles. The summed E-state index contributed by atoms with van der Waals surface area (Å²) in [5, 5.41) is 7.99. The zero-order valence-corrected chi connectivity index (χ0v) is 20.1. The van der Waals surface area contributed by atoms with Crippen LogP contribution in [0.2, 0.25) is 0 Å². The van der Waals surface area contributed by atoms with E-state index in [4.69, 9.17) is 14.2 Å². The van der Waals surface area contributed by atoms with Crippen molar-refractivity contribution >= 4 is 28.9 Å². The lowest BCUT2D eigenvalue weighted by Gasteiger charge is -2.22. The zero-order chi connectivity index (χ0) is 24.1. The van der Waals surface area contributed by atoms with Gasteiger partial charge in [0.2, 0.25) is 0 Å². The van der Waals surface area contributed by atoms with Gasteiger partial charge in [-0.25, -0.2) is 9.80 Å². The first-order valence-electron chi connectivity index (χ1n) is 11.0. The average molecular weight is 479 g/mol. The summed E-state index contributed by atoms with van der Waals surface area (Å²) in [6.45, 7) is 1.64. The number of rotatable bonds is 8. The van der Waals surface area contributed by atoms with Gasteiger partial charge in [-0.05, 0) is 53.3 Å². The molecule has 0 radical (unpaired) electrons. The molecular formula is C26H26N2O5S. The van der Waals surface area contributed by atoms with Crippen LogP contribution in [0.1, 0.15) is 45.7 Å². The molecule has 0 fully saturated rings. The Bertz CT molecular complexity index is 1190. The summed E-state index contributed by atoms with van der Waals surface area (Å²) in [6.07, 6.45) is 1.42. The molecule has 8 heteroatoms. The van der Waals surface area contributed by atoms with E-state index in [0.29, 0.717) is 23.5 Å². The van der Waals surface area contributed by atoms with Crippen LogP contribution in [0.3, 0.4) is 0 Å². The highest BCUT2D eigenvalue weighted by atomic mass is 32.1. The second-order valence-electron chi connectivity index (χ2n) is 7.72. The van der Waals surface area contributed by atoms with Crippen molar-refractivity contribution in [2.45, 2.75) is 25.8 Å². The summed E-state index contributed by atoms with van der Waals surface area (Å²) in [6, 6.07) is 16.3. The van der Waals surface area contributed by atoms with Crippen molar-refractivity contribution in [2.75, 3.05) is 20.8 Å². The minimum Gasteiger partial charge on any atom is -0.493 e.